The Morgan fingerprint density at radius 1 is 1.11 bits per heavy atom. The fraction of sp³-hybridized carbons (Fsp3) is 0.533. The van der Waals surface area contributed by atoms with E-state index in [1.54, 1.807) is 18.2 Å². The normalized spacial score (nSPS) is 17.5. The third-order valence-electron chi connectivity index (χ3n) is 3.46. The first kappa shape index (κ1) is 14.0. The van der Waals surface area contributed by atoms with E-state index in [-0.39, 0.29) is 17.4 Å². The lowest BCUT2D eigenvalue weighted by atomic mass is 10.1. The lowest BCUT2D eigenvalue weighted by molar-refractivity contribution is -0.117. The fourth-order valence-corrected chi connectivity index (χ4v) is 2.43. The second kappa shape index (κ2) is 7.24. The number of carbonyl (C=O) groups is 1. The van der Waals surface area contributed by atoms with Crippen LogP contribution >= 0.6 is 0 Å². The van der Waals surface area contributed by atoms with Crippen molar-refractivity contribution in [3.8, 4) is 0 Å². The molecule has 0 bridgehead atoms. The van der Waals surface area contributed by atoms with Gasteiger partial charge in [-0.25, -0.2) is 4.39 Å². The van der Waals surface area contributed by atoms with E-state index in [2.05, 4.69) is 10.2 Å². The van der Waals surface area contributed by atoms with Crippen LogP contribution in [-0.4, -0.2) is 30.4 Å². The van der Waals surface area contributed by atoms with Gasteiger partial charge >= 0.3 is 0 Å². The second-order valence-electron chi connectivity index (χ2n) is 5.07. The molecule has 1 fully saturated rings. The third kappa shape index (κ3) is 4.63. The van der Waals surface area contributed by atoms with Gasteiger partial charge in [-0.05, 0) is 38.1 Å². The van der Waals surface area contributed by atoms with Gasteiger partial charge in [0.25, 0.3) is 0 Å². The minimum Gasteiger partial charge on any atom is -0.322 e. The van der Waals surface area contributed by atoms with Crippen molar-refractivity contribution in [1.29, 1.82) is 0 Å². The number of benzene rings is 1. The number of anilines is 1. The van der Waals surface area contributed by atoms with Gasteiger partial charge in [0.2, 0.25) is 5.91 Å². The average molecular weight is 264 g/mol. The summed E-state index contributed by atoms with van der Waals surface area (Å²) in [6.07, 6.45) is 6.08. The van der Waals surface area contributed by atoms with Crippen LogP contribution in [0.2, 0.25) is 0 Å². The average Bonchev–Trinajstić information content (AvgIpc) is 2.35. The molecule has 1 aromatic carbocycles. The number of amides is 1. The topological polar surface area (TPSA) is 32.3 Å². The van der Waals surface area contributed by atoms with Crippen molar-refractivity contribution in [1.82, 2.24) is 4.90 Å². The minimum atomic E-state index is -0.386. The first-order valence-electron chi connectivity index (χ1n) is 7.02. The molecule has 0 atom stereocenters. The number of carbonyl (C=O) groups excluding carboxylic acids is 1. The Morgan fingerprint density at radius 3 is 2.42 bits per heavy atom. The van der Waals surface area contributed by atoms with Gasteiger partial charge in [0.1, 0.15) is 5.82 Å². The van der Waals surface area contributed by atoms with E-state index in [9.17, 15) is 9.18 Å². The Labute approximate surface area is 113 Å². The predicted octanol–water partition coefficient (Wildman–Crippen LogP) is 3.03. The zero-order chi connectivity index (χ0) is 13.5. The predicted molar refractivity (Wildman–Crippen MR) is 74.6 cm³/mol. The van der Waals surface area contributed by atoms with Crippen molar-refractivity contribution in [2.75, 3.05) is 25.0 Å². The Balaban J connectivity index is 1.84. The first-order chi connectivity index (χ1) is 9.25. The monoisotopic (exact) mass is 264 g/mol. The molecule has 1 saturated heterocycles. The summed E-state index contributed by atoms with van der Waals surface area (Å²) in [6.45, 7) is 2.28. The SMILES string of the molecule is O=C(CN1CCCCCCC1)Nc1ccccc1F. The number of para-hydroxylation sites is 1. The van der Waals surface area contributed by atoms with Crippen LogP contribution in [0.1, 0.15) is 32.1 Å². The molecule has 1 aliphatic rings. The Kier molecular flexibility index (Phi) is 5.33. The minimum absolute atomic E-state index is 0.134. The number of hydrogen-bond donors (Lipinski definition) is 1. The molecule has 2 rings (SSSR count). The third-order valence-corrected chi connectivity index (χ3v) is 3.46. The summed E-state index contributed by atoms with van der Waals surface area (Å²) in [6, 6.07) is 6.27. The van der Waals surface area contributed by atoms with Gasteiger partial charge in [0.15, 0.2) is 0 Å². The van der Waals surface area contributed by atoms with Crippen LogP contribution in [0.4, 0.5) is 10.1 Å². The van der Waals surface area contributed by atoms with Crippen LogP contribution in [0, 0.1) is 5.82 Å². The molecule has 1 N–H and O–H groups in total. The second-order valence-corrected chi connectivity index (χ2v) is 5.07. The molecule has 0 unspecified atom stereocenters. The van der Waals surface area contributed by atoms with Gasteiger partial charge in [-0.3, -0.25) is 9.69 Å². The number of halogens is 1. The zero-order valence-electron chi connectivity index (χ0n) is 11.2. The molecule has 0 radical (unpaired) electrons. The molecule has 0 spiro atoms. The maximum absolute atomic E-state index is 13.4. The molecule has 1 aromatic rings. The Hall–Kier alpha value is -1.42. The summed E-state index contributed by atoms with van der Waals surface area (Å²) in [7, 11) is 0. The van der Waals surface area contributed by atoms with Crippen molar-refractivity contribution in [2.24, 2.45) is 0 Å². The highest BCUT2D eigenvalue weighted by molar-refractivity contribution is 5.92. The first-order valence-corrected chi connectivity index (χ1v) is 7.02. The summed E-state index contributed by atoms with van der Waals surface area (Å²) in [5.41, 5.74) is 0.263. The van der Waals surface area contributed by atoms with E-state index in [4.69, 9.17) is 0 Å². The van der Waals surface area contributed by atoms with Crippen LogP contribution in [0.5, 0.6) is 0 Å². The van der Waals surface area contributed by atoms with Crippen molar-refractivity contribution in [3.63, 3.8) is 0 Å². The molecular formula is C15H21FN2O. The molecule has 1 heterocycles. The highest BCUT2D eigenvalue weighted by atomic mass is 19.1. The van der Waals surface area contributed by atoms with Crippen molar-refractivity contribution < 1.29 is 9.18 Å². The van der Waals surface area contributed by atoms with E-state index >= 15 is 0 Å². The van der Waals surface area contributed by atoms with Gasteiger partial charge in [-0.2, -0.15) is 0 Å². The largest absolute Gasteiger partial charge is 0.322 e. The summed E-state index contributed by atoms with van der Waals surface area (Å²) >= 11 is 0. The molecular weight excluding hydrogens is 243 g/mol. The molecule has 19 heavy (non-hydrogen) atoms. The molecule has 0 aliphatic carbocycles. The van der Waals surface area contributed by atoms with E-state index in [0.29, 0.717) is 6.54 Å². The number of nitrogens with zero attached hydrogens (tertiary/aromatic N) is 1. The summed E-state index contributed by atoms with van der Waals surface area (Å²) < 4.78 is 13.4. The zero-order valence-corrected chi connectivity index (χ0v) is 11.2. The van der Waals surface area contributed by atoms with Crippen LogP contribution in [0.25, 0.3) is 0 Å². The molecule has 0 saturated carbocycles. The Bertz CT molecular complexity index is 414. The number of hydrogen-bond acceptors (Lipinski definition) is 2. The maximum atomic E-state index is 13.4. The van der Waals surface area contributed by atoms with E-state index in [1.165, 1.54) is 25.3 Å². The number of nitrogens with one attached hydrogen (secondary N) is 1. The van der Waals surface area contributed by atoms with Crippen LogP contribution in [0.3, 0.4) is 0 Å². The number of likely N-dealkylation sites (tertiary alicyclic amines) is 1. The van der Waals surface area contributed by atoms with Crippen molar-refractivity contribution in [2.45, 2.75) is 32.1 Å². The number of rotatable bonds is 3. The van der Waals surface area contributed by atoms with Gasteiger partial charge in [0.05, 0.1) is 12.2 Å². The summed E-state index contributed by atoms with van der Waals surface area (Å²) in [4.78, 5) is 14.1. The van der Waals surface area contributed by atoms with Gasteiger partial charge in [-0.15, -0.1) is 0 Å². The fourth-order valence-electron chi connectivity index (χ4n) is 2.43. The lowest BCUT2D eigenvalue weighted by Crippen LogP contribution is -2.35. The van der Waals surface area contributed by atoms with Gasteiger partial charge in [0, 0.05) is 0 Å². The van der Waals surface area contributed by atoms with Crippen LogP contribution < -0.4 is 5.32 Å². The van der Waals surface area contributed by atoms with Crippen molar-refractivity contribution >= 4 is 11.6 Å². The summed E-state index contributed by atoms with van der Waals surface area (Å²) in [5, 5.41) is 2.64. The smallest absolute Gasteiger partial charge is 0.238 e. The van der Waals surface area contributed by atoms with Crippen LogP contribution in [-0.2, 0) is 4.79 Å². The molecule has 4 heteroatoms. The highest BCUT2D eigenvalue weighted by Crippen LogP contribution is 2.13. The lowest BCUT2D eigenvalue weighted by Gasteiger charge is -2.23. The maximum Gasteiger partial charge on any atom is 0.238 e. The standard InChI is InChI=1S/C15H21FN2O/c16-13-8-4-5-9-14(13)17-15(19)12-18-10-6-2-1-3-7-11-18/h4-5,8-9H,1-3,6-7,10-12H2,(H,17,19). The molecule has 3 nitrogen and oxygen atoms in total. The van der Waals surface area contributed by atoms with Crippen LogP contribution in [0.15, 0.2) is 24.3 Å². The molecule has 0 aromatic heterocycles. The van der Waals surface area contributed by atoms with Gasteiger partial charge < -0.3 is 5.32 Å². The van der Waals surface area contributed by atoms with Crippen molar-refractivity contribution in [3.05, 3.63) is 30.1 Å². The van der Waals surface area contributed by atoms with E-state index in [0.717, 1.165) is 25.9 Å². The highest BCUT2D eigenvalue weighted by Gasteiger charge is 2.13. The Morgan fingerprint density at radius 2 is 1.74 bits per heavy atom. The quantitative estimate of drug-likeness (QED) is 0.910. The van der Waals surface area contributed by atoms with E-state index < -0.39 is 0 Å². The molecule has 104 valence electrons. The molecule has 1 aliphatic heterocycles. The molecule has 1 amide bonds. The summed E-state index contributed by atoms with van der Waals surface area (Å²) in [5.74, 6) is -0.519. The van der Waals surface area contributed by atoms with Gasteiger partial charge in [-0.1, -0.05) is 31.4 Å². The van der Waals surface area contributed by atoms with E-state index in [1.807, 2.05) is 0 Å².